The molecule has 0 fully saturated rings. The van der Waals surface area contributed by atoms with Crippen molar-refractivity contribution in [2.45, 2.75) is 0 Å². The molecule has 0 aliphatic carbocycles. The van der Waals surface area contributed by atoms with Gasteiger partial charge in [-0.2, -0.15) is 0 Å². The molecule has 0 spiro atoms. The molecular formula is C5H14O2S. The van der Waals surface area contributed by atoms with Gasteiger partial charge in [-0.3, -0.25) is 0 Å². The monoisotopic (exact) mass is 138 g/mol. The number of rotatable bonds is 3. The van der Waals surface area contributed by atoms with Gasteiger partial charge in [0.15, 0.2) is 0 Å². The van der Waals surface area contributed by atoms with Crippen LogP contribution in [0.5, 0.6) is 0 Å². The van der Waals surface area contributed by atoms with Gasteiger partial charge >= 0.3 is 0 Å². The van der Waals surface area contributed by atoms with Crippen molar-refractivity contribution in [3.8, 4) is 0 Å². The fraction of sp³-hybridized carbons (Fsp3) is 1.00. The van der Waals surface area contributed by atoms with Crippen LogP contribution in [0.3, 0.4) is 0 Å². The maximum atomic E-state index is 8.65. The molecule has 0 saturated carbocycles. The molecule has 52 valence electrons. The van der Waals surface area contributed by atoms with Crippen molar-refractivity contribution in [3.63, 3.8) is 0 Å². The highest BCUT2D eigenvalue weighted by molar-refractivity contribution is 8.32. The van der Waals surface area contributed by atoms with Crippen LogP contribution in [0.25, 0.3) is 0 Å². The van der Waals surface area contributed by atoms with Crippen molar-refractivity contribution in [3.05, 3.63) is 0 Å². The van der Waals surface area contributed by atoms with Gasteiger partial charge in [0.05, 0.1) is 12.5 Å². The molecule has 0 aromatic rings. The van der Waals surface area contributed by atoms with Crippen LogP contribution >= 0.6 is 10.0 Å². The van der Waals surface area contributed by atoms with Gasteiger partial charge in [-0.25, -0.2) is 10.0 Å². The number of aliphatic hydroxyl groups is 2. The molecule has 0 aromatic heterocycles. The summed E-state index contributed by atoms with van der Waals surface area (Å²) in [6.07, 6.45) is 4.01. The Balaban J connectivity index is 3.37. The summed E-state index contributed by atoms with van der Waals surface area (Å²) >= 11 is 0. The lowest BCUT2D eigenvalue weighted by Gasteiger charge is -2.26. The van der Waals surface area contributed by atoms with E-state index in [2.05, 4.69) is 0 Å². The summed E-state index contributed by atoms with van der Waals surface area (Å²) in [6.45, 7) is 0.197. The van der Waals surface area contributed by atoms with Crippen LogP contribution < -0.4 is 0 Å². The van der Waals surface area contributed by atoms with Gasteiger partial charge in [-0.15, -0.1) is 0 Å². The largest absolute Gasteiger partial charge is 0.396 e. The van der Waals surface area contributed by atoms with E-state index in [0.29, 0.717) is 0 Å². The maximum absolute atomic E-state index is 8.65. The Morgan fingerprint density at radius 3 is 1.88 bits per heavy atom. The predicted molar refractivity (Wildman–Crippen MR) is 38.5 cm³/mol. The maximum Gasteiger partial charge on any atom is 0.0732 e. The Morgan fingerprint density at radius 1 is 1.25 bits per heavy atom. The topological polar surface area (TPSA) is 40.5 Å². The quantitative estimate of drug-likeness (QED) is 0.576. The standard InChI is InChI=1S/C5H14O2S/c1-8(2,5-7)4-3-6/h6-7H,3-5H2,1-2H3. The van der Waals surface area contributed by atoms with Crippen LogP contribution in [0.4, 0.5) is 0 Å². The summed E-state index contributed by atoms with van der Waals surface area (Å²) in [4.78, 5) is 0. The summed E-state index contributed by atoms with van der Waals surface area (Å²) in [5, 5.41) is 17.1. The van der Waals surface area contributed by atoms with E-state index < -0.39 is 10.0 Å². The second-order valence-corrected chi connectivity index (χ2v) is 6.52. The summed E-state index contributed by atoms with van der Waals surface area (Å²) < 4.78 is 0. The fourth-order valence-corrected chi connectivity index (χ4v) is 0.935. The summed E-state index contributed by atoms with van der Waals surface area (Å²) in [7, 11) is -0.864. The molecule has 0 saturated heterocycles. The molecule has 0 aromatic carbocycles. The molecule has 0 amide bonds. The first-order chi connectivity index (χ1) is 3.62. The lowest BCUT2D eigenvalue weighted by Crippen LogP contribution is -2.08. The highest BCUT2D eigenvalue weighted by atomic mass is 32.3. The van der Waals surface area contributed by atoms with Crippen LogP contribution in [0, 0.1) is 0 Å². The Hall–Kier alpha value is 0.270. The van der Waals surface area contributed by atoms with Gasteiger partial charge in [-0.1, -0.05) is 0 Å². The fourth-order valence-electron chi connectivity index (χ4n) is 0.312. The van der Waals surface area contributed by atoms with E-state index in [1.165, 1.54) is 0 Å². The minimum atomic E-state index is -0.864. The van der Waals surface area contributed by atoms with Gasteiger partial charge in [0.2, 0.25) is 0 Å². The van der Waals surface area contributed by atoms with Gasteiger partial charge in [0.1, 0.15) is 0 Å². The SMILES string of the molecule is CS(C)(CO)CCO. The van der Waals surface area contributed by atoms with Crippen LogP contribution in [0.15, 0.2) is 0 Å². The van der Waals surface area contributed by atoms with Crippen molar-refractivity contribution in [1.29, 1.82) is 0 Å². The summed E-state index contributed by atoms with van der Waals surface area (Å²) in [6, 6.07) is 0. The van der Waals surface area contributed by atoms with Crippen LogP contribution in [-0.4, -0.2) is 41.0 Å². The van der Waals surface area contributed by atoms with Gasteiger partial charge in [-0.05, 0) is 12.5 Å². The molecular weight excluding hydrogens is 124 g/mol. The van der Waals surface area contributed by atoms with Crippen molar-refractivity contribution >= 4 is 10.0 Å². The van der Waals surface area contributed by atoms with Gasteiger partial charge in [0, 0.05) is 5.75 Å². The average molecular weight is 138 g/mol. The van der Waals surface area contributed by atoms with E-state index in [0.717, 1.165) is 5.75 Å². The molecule has 8 heavy (non-hydrogen) atoms. The third-order valence-corrected chi connectivity index (χ3v) is 2.98. The van der Waals surface area contributed by atoms with E-state index in [-0.39, 0.29) is 12.5 Å². The van der Waals surface area contributed by atoms with Crippen molar-refractivity contribution in [1.82, 2.24) is 0 Å². The van der Waals surface area contributed by atoms with Crippen molar-refractivity contribution in [2.24, 2.45) is 0 Å². The van der Waals surface area contributed by atoms with Crippen molar-refractivity contribution in [2.75, 3.05) is 30.8 Å². The second-order valence-electron chi connectivity index (χ2n) is 2.32. The number of hydrogen-bond acceptors (Lipinski definition) is 2. The molecule has 0 heterocycles. The van der Waals surface area contributed by atoms with Crippen LogP contribution in [0.2, 0.25) is 0 Å². The average Bonchev–Trinajstić information content (AvgIpc) is 1.67. The minimum Gasteiger partial charge on any atom is -0.396 e. The molecule has 3 heteroatoms. The summed E-state index contributed by atoms with van der Waals surface area (Å²) in [5.41, 5.74) is 0. The van der Waals surface area contributed by atoms with E-state index >= 15 is 0 Å². The number of aliphatic hydroxyl groups excluding tert-OH is 2. The lowest BCUT2D eigenvalue weighted by atomic mass is 10.9. The molecule has 0 bridgehead atoms. The molecule has 0 aliphatic heterocycles. The van der Waals surface area contributed by atoms with Gasteiger partial charge < -0.3 is 10.2 Å². The molecule has 0 aliphatic rings. The van der Waals surface area contributed by atoms with Gasteiger partial charge in [0.25, 0.3) is 0 Å². The Bertz CT molecular complexity index is 63.4. The van der Waals surface area contributed by atoms with Crippen LogP contribution in [0.1, 0.15) is 0 Å². The third-order valence-electron chi connectivity index (χ3n) is 0.993. The third kappa shape index (κ3) is 3.29. The zero-order valence-corrected chi connectivity index (χ0v) is 6.24. The van der Waals surface area contributed by atoms with Crippen LogP contribution in [-0.2, 0) is 0 Å². The molecule has 0 rings (SSSR count). The molecule has 0 unspecified atom stereocenters. The zero-order valence-electron chi connectivity index (χ0n) is 5.42. The predicted octanol–water partition coefficient (Wildman–Crippen LogP) is -0.00730. The Kier molecular flexibility index (Phi) is 3.44. The van der Waals surface area contributed by atoms with E-state index in [1.54, 1.807) is 0 Å². The Labute approximate surface area is 51.8 Å². The normalized spacial score (nSPS) is 14.0. The van der Waals surface area contributed by atoms with E-state index in [4.69, 9.17) is 10.2 Å². The lowest BCUT2D eigenvalue weighted by molar-refractivity contribution is 0.319. The first-order valence-corrected chi connectivity index (χ1v) is 5.31. The highest BCUT2D eigenvalue weighted by Gasteiger charge is 2.07. The Morgan fingerprint density at radius 2 is 1.75 bits per heavy atom. The second kappa shape index (κ2) is 3.33. The zero-order chi connectivity index (χ0) is 6.62. The van der Waals surface area contributed by atoms with Crippen molar-refractivity contribution < 1.29 is 10.2 Å². The highest BCUT2D eigenvalue weighted by Crippen LogP contribution is 2.36. The van der Waals surface area contributed by atoms with E-state index in [1.807, 2.05) is 12.5 Å². The molecule has 2 nitrogen and oxygen atoms in total. The first kappa shape index (κ1) is 8.27. The molecule has 0 radical (unpaired) electrons. The minimum absolute atomic E-state index is 0.197. The summed E-state index contributed by atoms with van der Waals surface area (Å²) in [5.74, 6) is 0.983. The molecule has 0 atom stereocenters. The first-order valence-electron chi connectivity index (χ1n) is 2.53. The smallest absolute Gasteiger partial charge is 0.0732 e. The van der Waals surface area contributed by atoms with E-state index in [9.17, 15) is 0 Å². The number of hydrogen-bond donors (Lipinski definition) is 2. The molecule has 2 N–H and O–H groups in total.